The molecule has 1 heterocycles. The molecule has 0 radical (unpaired) electrons. The lowest BCUT2D eigenvalue weighted by Crippen LogP contribution is -2.24. The summed E-state index contributed by atoms with van der Waals surface area (Å²) in [6.07, 6.45) is 1.15. The number of methoxy groups -OCH3 is 1. The minimum absolute atomic E-state index is 0.0589. The Morgan fingerprint density at radius 2 is 2.14 bits per heavy atom. The third-order valence-electron chi connectivity index (χ3n) is 2.91. The van der Waals surface area contributed by atoms with Crippen molar-refractivity contribution in [3.8, 4) is 11.5 Å². The van der Waals surface area contributed by atoms with E-state index in [0.29, 0.717) is 18.9 Å². The normalized spacial score (nSPS) is 10.1. The Bertz CT molecular complexity index is 708. The lowest BCUT2D eigenvalue weighted by Gasteiger charge is -2.07. The Morgan fingerprint density at radius 3 is 2.82 bits per heavy atom. The SMILES string of the molecule is CCOc1coc(C(=O)NCc2cccc(OC)c2)cc1=O. The number of carbonyl (C=O) groups is 1. The Balaban J connectivity index is 2.03. The summed E-state index contributed by atoms with van der Waals surface area (Å²) in [4.78, 5) is 23.7. The van der Waals surface area contributed by atoms with Crippen LogP contribution in [0.5, 0.6) is 11.5 Å². The zero-order chi connectivity index (χ0) is 15.9. The summed E-state index contributed by atoms with van der Waals surface area (Å²) >= 11 is 0. The first-order valence-electron chi connectivity index (χ1n) is 6.80. The second-order valence-corrected chi connectivity index (χ2v) is 4.44. The first-order chi connectivity index (χ1) is 10.6. The quantitative estimate of drug-likeness (QED) is 0.883. The van der Waals surface area contributed by atoms with Gasteiger partial charge in [0.2, 0.25) is 11.2 Å². The molecule has 2 rings (SSSR count). The molecule has 6 heteroatoms. The van der Waals surface area contributed by atoms with Gasteiger partial charge in [-0.15, -0.1) is 0 Å². The maximum absolute atomic E-state index is 12.0. The summed E-state index contributed by atoms with van der Waals surface area (Å²) in [7, 11) is 1.58. The Hall–Kier alpha value is -2.76. The molecule has 116 valence electrons. The molecule has 0 spiro atoms. The lowest BCUT2D eigenvalue weighted by molar-refractivity contribution is 0.0920. The molecule has 6 nitrogen and oxygen atoms in total. The highest BCUT2D eigenvalue weighted by atomic mass is 16.5. The molecule has 1 aromatic heterocycles. The van der Waals surface area contributed by atoms with Gasteiger partial charge in [0.15, 0.2) is 5.76 Å². The van der Waals surface area contributed by atoms with Gasteiger partial charge in [0, 0.05) is 12.6 Å². The van der Waals surface area contributed by atoms with Gasteiger partial charge in [-0.05, 0) is 24.6 Å². The lowest BCUT2D eigenvalue weighted by atomic mass is 10.2. The van der Waals surface area contributed by atoms with E-state index in [4.69, 9.17) is 13.9 Å². The van der Waals surface area contributed by atoms with Crippen molar-refractivity contribution in [2.75, 3.05) is 13.7 Å². The molecule has 0 aliphatic heterocycles. The van der Waals surface area contributed by atoms with Gasteiger partial charge in [-0.3, -0.25) is 9.59 Å². The van der Waals surface area contributed by atoms with Crippen molar-refractivity contribution in [1.29, 1.82) is 0 Å². The number of ether oxygens (including phenoxy) is 2. The molecule has 1 amide bonds. The predicted octanol–water partition coefficient (Wildman–Crippen LogP) is 1.98. The number of rotatable bonds is 6. The standard InChI is InChI=1S/C16H17NO5/c1-3-21-15-10-22-14(8-13(15)18)16(19)17-9-11-5-4-6-12(7-11)20-2/h4-8,10H,3,9H2,1-2H3,(H,17,19). The molecular weight excluding hydrogens is 286 g/mol. The Labute approximate surface area is 127 Å². The third-order valence-corrected chi connectivity index (χ3v) is 2.91. The molecule has 0 aliphatic rings. The maximum atomic E-state index is 12.0. The fourth-order valence-electron chi connectivity index (χ4n) is 1.83. The van der Waals surface area contributed by atoms with E-state index in [0.717, 1.165) is 17.9 Å². The summed E-state index contributed by atoms with van der Waals surface area (Å²) < 4.78 is 15.3. The summed E-state index contributed by atoms with van der Waals surface area (Å²) in [5, 5.41) is 2.68. The van der Waals surface area contributed by atoms with Gasteiger partial charge in [0.25, 0.3) is 5.91 Å². The summed E-state index contributed by atoms with van der Waals surface area (Å²) in [6, 6.07) is 8.44. The highest BCUT2D eigenvalue weighted by Crippen LogP contribution is 2.12. The molecular formula is C16H17NO5. The second-order valence-electron chi connectivity index (χ2n) is 4.44. The van der Waals surface area contributed by atoms with Gasteiger partial charge in [-0.2, -0.15) is 0 Å². The third kappa shape index (κ3) is 3.88. The smallest absolute Gasteiger partial charge is 0.287 e. The van der Waals surface area contributed by atoms with Crippen LogP contribution in [-0.2, 0) is 6.54 Å². The minimum atomic E-state index is -0.469. The topological polar surface area (TPSA) is 77.8 Å². The average Bonchev–Trinajstić information content (AvgIpc) is 2.55. The van der Waals surface area contributed by atoms with Gasteiger partial charge in [-0.1, -0.05) is 12.1 Å². The van der Waals surface area contributed by atoms with Crippen LogP contribution in [0, 0.1) is 0 Å². The van der Waals surface area contributed by atoms with Crippen LogP contribution in [-0.4, -0.2) is 19.6 Å². The Morgan fingerprint density at radius 1 is 1.32 bits per heavy atom. The predicted molar refractivity (Wildman–Crippen MR) is 80.3 cm³/mol. The van der Waals surface area contributed by atoms with Gasteiger partial charge in [-0.25, -0.2) is 0 Å². The van der Waals surface area contributed by atoms with Crippen LogP contribution in [0.2, 0.25) is 0 Å². The molecule has 0 fully saturated rings. The number of carbonyl (C=O) groups excluding carboxylic acids is 1. The van der Waals surface area contributed by atoms with Crippen molar-refractivity contribution in [2.24, 2.45) is 0 Å². The first-order valence-corrected chi connectivity index (χ1v) is 6.80. The van der Waals surface area contributed by atoms with E-state index in [2.05, 4.69) is 5.32 Å². The molecule has 0 atom stereocenters. The number of benzene rings is 1. The number of hydrogen-bond donors (Lipinski definition) is 1. The monoisotopic (exact) mass is 303 g/mol. The first kappa shape index (κ1) is 15.6. The van der Waals surface area contributed by atoms with Crippen LogP contribution < -0.4 is 20.2 Å². The van der Waals surface area contributed by atoms with Gasteiger partial charge >= 0.3 is 0 Å². The van der Waals surface area contributed by atoms with Crippen molar-refractivity contribution >= 4 is 5.91 Å². The number of amides is 1. The second kappa shape index (κ2) is 7.31. The molecule has 0 saturated heterocycles. The fourth-order valence-corrected chi connectivity index (χ4v) is 1.83. The van der Waals surface area contributed by atoms with E-state index in [9.17, 15) is 9.59 Å². The molecule has 0 aliphatic carbocycles. The van der Waals surface area contributed by atoms with Gasteiger partial charge < -0.3 is 19.2 Å². The average molecular weight is 303 g/mol. The molecule has 0 bridgehead atoms. The van der Waals surface area contributed by atoms with Crippen molar-refractivity contribution in [3.05, 3.63) is 58.1 Å². The van der Waals surface area contributed by atoms with E-state index < -0.39 is 5.91 Å². The van der Waals surface area contributed by atoms with Crippen molar-refractivity contribution in [1.82, 2.24) is 5.32 Å². The highest BCUT2D eigenvalue weighted by molar-refractivity contribution is 5.91. The van der Waals surface area contributed by atoms with Gasteiger partial charge in [0.1, 0.15) is 12.0 Å². The van der Waals surface area contributed by atoms with Crippen molar-refractivity contribution in [3.63, 3.8) is 0 Å². The Kier molecular flexibility index (Phi) is 5.19. The number of nitrogens with one attached hydrogen (secondary N) is 1. The van der Waals surface area contributed by atoms with Crippen molar-refractivity contribution < 1.29 is 18.7 Å². The van der Waals surface area contributed by atoms with Crippen LogP contribution in [0.25, 0.3) is 0 Å². The van der Waals surface area contributed by atoms with Crippen LogP contribution in [0.1, 0.15) is 23.0 Å². The molecule has 1 aromatic carbocycles. The van der Waals surface area contributed by atoms with Crippen molar-refractivity contribution in [2.45, 2.75) is 13.5 Å². The minimum Gasteiger partial charge on any atom is -0.497 e. The summed E-state index contributed by atoms with van der Waals surface area (Å²) in [6.45, 7) is 2.41. The zero-order valence-electron chi connectivity index (χ0n) is 12.4. The van der Waals surface area contributed by atoms with Gasteiger partial charge in [0.05, 0.1) is 13.7 Å². The van der Waals surface area contributed by atoms with E-state index in [1.165, 1.54) is 0 Å². The molecule has 0 unspecified atom stereocenters. The zero-order valence-corrected chi connectivity index (χ0v) is 12.4. The maximum Gasteiger partial charge on any atom is 0.287 e. The largest absolute Gasteiger partial charge is 0.497 e. The fraction of sp³-hybridized carbons (Fsp3) is 0.250. The van der Waals surface area contributed by atoms with Crippen LogP contribution in [0.4, 0.5) is 0 Å². The van der Waals surface area contributed by atoms with E-state index in [1.807, 2.05) is 24.3 Å². The van der Waals surface area contributed by atoms with Crippen LogP contribution in [0.15, 0.2) is 45.8 Å². The van der Waals surface area contributed by atoms with Crippen LogP contribution in [0.3, 0.4) is 0 Å². The summed E-state index contributed by atoms with van der Waals surface area (Å²) in [5.74, 6) is 0.269. The van der Waals surface area contributed by atoms with Crippen LogP contribution >= 0.6 is 0 Å². The molecule has 2 aromatic rings. The van der Waals surface area contributed by atoms with E-state index in [1.54, 1.807) is 14.0 Å². The highest BCUT2D eigenvalue weighted by Gasteiger charge is 2.11. The number of hydrogen-bond acceptors (Lipinski definition) is 5. The van der Waals surface area contributed by atoms with E-state index >= 15 is 0 Å². The molecule has 22 heavy (non-hydrogen) atoms. The molecule has 1 N–H and O–H groups in total. The summed E-state index contributed by atoms with van der Waals surface area (Å²) in [5.41, 5.74) is 0.487. The molecule has 0 saturated carbocycles. The van der Waals surface area contributed by atoms with E-state index in [-0.39, 0.29) is 16.9 Å².